The minimum absolute atomic E-state index is 0.0695. The van der Waals surface area contributed by atoms with Crippen LogP contribution in [0.5, 0.6) is 5.75 Å². The zero-order chi connectivity index (χ0) is 9.26. The van der Waals surface area contributed by atoms with E-state index in [-0.39, 0.29) is 12.3 Å². The fraction of sp³-hybridized carbons (Fsp3) is 0.400. The summed E-state index contributed by atoms with van der Waals surface area (Å²) in [6, 6.07) is 7.83. The Morgan fingerprint density at radius 2 is 2.23 bits per heavy atom. The fourth-order valence-electron chi connectivity index (χ4n) is 1.57. The molecule has 13 heavy (non-hydrogen) atoms. The Morgan fingerprint density at radius 1 is 1.46 bits per heavy atom. The molecule has 1 heterocycles. The van der Waals surface area contributed by atoms with E-state index in [1.54, 1.807) is 7.11 Å². The quantitative estimate of drug-likeness (QED) is 0.697. The average Bonchev–Trinajstić information content (AvgIpc) is 2.17. The highest BCUT2D eigenvalue weighted by Gasteiger charge is 2.26. The molecule has 2 rings (SSSR count). The van der Waals surface area contributed by atoms with Crippen LogP contribution < -0.4 is 10.5 Å². The van der Waals surface area contributed by atoms with Crippen LogP contribution in [0.3, 0.4) is 0 Å². The molecular weight excluding hydrogens is 166 g/mol. The standard InChI is InChI=1S/C10H13NO2/c1-12-10-8(11)6-7-4-2-3-5-9(7)13-10/h2-5,8,10H,6,11H2,1H3. The largest absolute Gasteiger partial charge is 0.463 e. The Bertz CT molecular complexity index is 301. The Morgan fingerprint density at radius 3 is 3.00 bits per heavy atom. The number of methoxy groups -OCH3 is 1. The van der Waals surface area contributed by atoms with E-state index in [0.29, 0.717) is 0 Å². The van der Waals surface area contributed by atoms with Crippen LogP contribution in [-0.2, 0) is 11.2 Å². The van der Waals surface area contributed by atoms with Crippen LogP contribution in [0.4, 0.5) is 0 Å². The molecule has 1 aromatic rings. The smallest absolute Gasteiger partial charge is 0.215 e. The van der Waals surface area contributed by atoms with Gasteiger partial charge in [0.1, 0.15) is 5.75 Å². The van der Waals surface area contributed by atoms with Crippen molar-refractivity contribution in [2.45, 2.75) is 18.8 Å². The number of rotatable bonds is 1. The van der Waals surface area contributed by atoms with Crippen molar-refractivity contribution >= 4 is 0 Å². The highest BCUT2D eigenvalue weighted by Crippen LogP contribution is 2.26. The molecule has 70 valence electrons. The molecule has 2 atom stereocenters. The summed E-state index contributed by atoms with van der Waals surface area (Å²) in [6.07, 6.45) is 0.504. The third kappa shape index (κ3) is 1.53. The lowest BCUT2D eigenvalue weighted by molar-refractivity contribution is -0.0773. The third-order valence-electron chi connectivity index (χ3n) is 2.25. The summed E-state index contributed by atoms with van der Waals surface area (Å²) in [6.45, 7) is 0. The first-order chi connectivity index (χ1) is 6.31. The van der Waals surface area contributed by atoms with E-state index in [1.165, 1.54) is 0 Å². The predicted molar refractivity (Wildman–Crippen MR) is 49.5 cm³/mol. The molecule has 1 aliphatic rings. The van der Waals surface area contributed by atoms with Gasteiger partial charge in [-0.25, -0.2) is 0 Å². The number of para-hydroxylation sites is 1. The van der Waals surface area contributed by atoms with Crippen molar-refractivity contribution in [2.75, 3.05) is 7.11 Å². The molecule has 0 radical (unpaired) electrons. The molecule has 1 aliphatic heterocycles. The Hall–Kier alpha value is -1.06. The van der Waals surface area contributed by atoms with Crippen LogP contribution in [0, 0.1) is 0 Å². The van der Waals surface area contributed by atoms with Crippen molar-refractivity contribution in [2.24, 2.45) is 5.73 Å². The zero-order valence-corrected chi connectivity index (χ0v) is 7.57. The summed E-state index contributed by atoms with van der Waals surface area (Å²) in [5.74, 6) is 0.885. The molecule has 3 heteroatoms. The lowest BCUT2D eigenvalue weighted by Crippen LogP contribution is -2.44. The van der Waals surface area contributed by atoms with E-state index in [2.05, 4.69) is 0 Å². The van der Waals surface area contributed by atoms with E-state index < -0.39 is 0 Å². The van der Waals surface area contributed by atoms with Crippen LogP contribution in [-0.4, -0.2) is 19.4 Å². The van der Waals surface area contributed by atoms with E-state index >= 15 is 0 Å². The van der Waals surface area contributed by atoms with E-state index in [9.17, 15) is 0 Å². The molecule has 0 aromatic heterocycles. The van der Waals surface area contributed by atoms with E-state index in [4.69, 9.17) is 15.2 Å². The lowest BCUT2D eigenvalue weighted by Gasteiger charge is -2.29. The summed E-state index contributed by atoms with van der Waals surface area (Å²) in [5.41, 5.74) is 7.01. The summed E-state index contributed by atoms with van der Waals surface area (Å²) in [5, 5.41) is 0. The third-order valence-corrected chi connectivity index (χ3v) is 2.25. The second kappa shape index (κ2) is 3.36. The minimum atomic E-state index is -0.310. The van der Waals surface area contributed by atoms with Gasteiger partial charge in [0, 0.05) is 7.11 Å². The zero-order valence-electron chi connectivity index (χ0n) is 7.57. The summed E-state index contributed by atoms with van der Waals surface area (Å²) >= 11 is 0. The maximum atomic E-state index is 5.85. The maximum absolute atomic E-state index is 5.85. The van der Waals surface area contributed by atoms with Crippen LogP contribution in [0.25, 0.3) is 0 Å². The van der Waals surface area contributed by atoms with Gasteiger partial charge in [0.05, 0.1) is 6.04 Å². The number of fused-ring (bicyclic) bond motifs is 1. The second-order valence-corrected chi connectivity index (χ2v) is 3.20. The highest BCUT2D eigenvalue weighted by molar-refractivity contribution is 5.35. The topological polar surface area (TPSA) is 44.5 Å². The summed E-state index contributed by atoms with van der Waals surface area (Å²) in [7, 11) is 1.61. The van der Waals surface area contributed by atoms with Crippen LogP contribution in [0.15, 0.2) is 24.3 Å². The monoisotopic (exact) mass is 179 g/mol. The molecular formula is C10H13NO2. The molecule has 0 amide bonds. The number of benzene rings is 1. The molecule has 1 aromatic carbocycles. The van der Waals surface area contributed by atoms with Gasteiger partial charge in [0.25, 0.3) is 0 Å². The molecule has 2 N–H and O–H groups in total. The van der Waals surface area contributed by atoms with Crippen molar-refractivity contribution in [3.8, 4) is 5.75 Å². The second-order valence-electron chi connectivity index (χ2n) is 3.20. The first kappa shape index (κ1) is 8.53. The summed E-state index contributed by atoms with van der Waals surface area (Å²) < 4.78 is 10.7. The Kier molecular flexibility index (Phi) is 2.20. The van der Waals surface area contributed by atoms with Gasteiger partial charge in [0.2, 0.25) is 6.29 Å². The van der Waals surface area contributed by atoms with Crippen molar-refractivity contribution in [3.05, 3.63) is 29.8 Å². The number of ether oxygens (including phenoxy) is 2. The molecule has 0 fully saturated rings. The molecule has 2 unspecified atom stereocenters. The number of hydrogen-bond donors (Lipinski definition) is 1. The number of hydrogen-bond acceptors (Lipinski definition) is 3. The van der Waals surface area contributed by atoms with Gasteiger partial charge >= 0.3 is 0 Å². The average molecular weight is 179 g/mol. The van der Waals surface area contributed by atoms with Gasteiger partial charge in [-0.3, -0.25) is 0 Å². The van der Waals surface area contributed by atoms with Gasteiger partial charge in [-0.2, -0.15) is 0 Å². The van der Waals surface area contributed by atoms with Crippen LogP contribution in [0.1, 0.15) is 5.56 Å². The van der Waals surface area contributed by atoms with Gasteiger partial charge in [-0.05, 0) is 18.1 Å². The minimum Gasteiger partial charge on any atom is -0.463 e. The predicted octanol–water partition coefficient (Wildman–Crippen LogP) is 0.921. The Balaban J connectivity index is 2.27. The molecule has 0 bridgehead atoms. The fourth-order valence-corrected chi connectivity index (χ4v) is 1.57. The van der Waals surface area contributed by atoms with Crippen LogP contribution >= 0.6 is 0 Å². The van der Waals surface area contributed by atoms with Gasteiger partial charge in [-0.1, -0.05) is 18.2 Å². The van der Waals surface area contributed by atoms with Crippen molar-refractivity contribution in [3.63, 3.8) is 0 Å². The van der Waals surface area contributed by atoms with Gasteiger partial charge in [-0.15, -0.1) is 0 Å². The van der Waals surface area contributed by atoms with E-state index in [0.717, 1.165) is 17.7 Å². The molecule has 0 saturated carbocycles. The van der Waals surface area contributed by atoms with Crippen molar-refractivity contribution in [1.82, 2.24) is 0 Å². The maximum Gasteiger partial charge on any atom is 0.215 e. The first-order valence-corrected chi connectivity index (χ1v) is 4.34. The van der Waals surface area contributed by atoms with Crippen molar-refractivity contribution < 1.29 is 9.47 Å². The SMILES string of the molecule is COC1Oc2ccccc2CC1N. The molecule has 0 saturated heterocycles. The van der Waals surface area contributed by atoms with E-state index in [1.807, 2.05) is 24.3 Å². The highest BCUT2D eigenvalue weighted by atomic mass is 16.7. The first-order valence-electron chi connectivity index (χ1n) is 4.34. The van der Waals surface area contributed by atoms with Gasteiger partial charge < -0.3 is 15.2 Å². The lowest BCUT2D eigenvalue weighted by atomic mass is 10.0. The number of nitrogens with two attached hydrogens (primary N) is 1. The normalized spacial score (nSPS) is 26.3. The molecule has 3 nitrogen and oxygen atoms in total. The molecule has 0 aliphatic carbocycles. The Labute approximate surface area is 77.5 Å². The summed E-state index contributed by atoms with van der Waals surface area (Å²) in [4.78, 5) is 0. The van der Waals surface area contributed by atoms with Gasteiger partial charge in [0.15, 0.2) is 0 Å². The van der Waals surface area contributed by atoms with Crippen molar-refractivity contribution in [1.29, 1.82) is 0 Å². The molecule has 0 spiro atoms. The van der Waals surface area contributed by atoms with Crippen LogP contribution in [0.2, 0.25) is 0 Å².